The van der Waals surface area contributed by atoms with Crippen molar-refractivity contribution in [3.8, 4) is 0 Å². The first-order valence-electron chi connectivity index (χ1n) is 5.95. The van der Waals surface area contributed by atoms with Crippen molar-refractivity contribution in [2.45, 2.75) is 50.7 Å². The Morgan fingerprint density at radius 3 is 3.12 bits per heavy atom. The van der Waals surface area contributed by atoms with Crippen LogP contribution in [0.5, 0.6) is 0 Å². The summed E-state index contributed by atoms with van der Waals surface area (Å²) in [5.41, 5.74) is 0.0960. The van der Waals surface area contributed by atoms with E-state index in [1.54, 1.807) is 0 Å². The highest BCUT2D eigenvalue weighted by atomic mass is 16.6. The zero-order valence-electron chi connectivity index (χ0n) is 9.61. The standard InChI is InChI=1S/C11H17N3O3/c12-10-4-2-1-3-7(13-10)5-8-6-9(11(15)16)14-17-8/h7-8H,1-6H2,(H2,12,13)(H,15,16). The number of rotatable bonds is 3. The highest BCUT2D eigenvalue weighted by Crippen LogP contribution is 2.20. The van der Waals surface area contributed by atoms with E-state index in [9.17, 15) is 4.79 Å². The molecule has 2 heterocycles. The van der Waals surface area contributed by atoms with Crippen LogP contribution in [0.4, 0.5) is 0 Å². The molecule has 6 nitrogen and oxygen atoms in total. The fraction of sp³-hybridized carbons (Fsp3) is 0.727. The molecule has 6 heteroatoms. The van der Waals surface area contributed by atoms with Crippen LogP contribution in [0.25, 0.3) is 0 Å². The number of oxime groups is 1. The number of hydrogen-bond donors (Lipinski definition) is 3. The molecular weight excluding hydrogens is 222 g/mol. The average Bonchev–Trinajstić information content (AvgIpc) is 2.63. The van der Waals surface area contributed by atoms with E-state index < -0.39 is 5.97 Å². The smallest absolute Gasteiger partial charge is 0.353 e. The van der Waals surface area contributed by atoms with Crippen LogP contribution in [0.15, 0.2) is 5.16 Å². The normalized spacial score (nSPS) is 28.9. The summed E-state index contributed by atoms with van der Waals surface area (Å²) in [5, 5.41) is 23.1. The number of nitrogens with one attached hydrogen (secondary N) is 2. The van der Waals surface area contributed by atoms with Crippen molar-refractivity contribution in [1.29, 1.82) is 5.41 Å². The fourth-order valence-corrected chi connectivity index (χ4v) is 2.26. The van der Waals surface area contributed by atoms with Gasteiger partial charge in [0, 0.05) is 25.3 Å². The lowest BCUT2D eigenvalue weighted by molar-refractivity contribution is -0.129. The SMILES string of the molecule is N=C1CCCCC(CC2CC(C(=O)O)=NO2)N1. The minimum absolute atomic E-state index is 0.0960. The zero-order chi connectivity index (χ0) is 12.3. The Morgan fingerprint density at radius 2 is 2.41 bits per heavy atom. The van der Waals surface area contributed by atoms with E-state index in [1.807, 2.05) is 0 Å². The van der Waals surface area contributed by atoms with E-state index in [1.165, 1.54) is 0 Å². The van der Waals surface area contributed by atoms with E-state index >= 15 is 0 Å². The molecule has 0 amide bonds. The van der Waals surface area contributed by atoms with Crippen molar-refractivity contribution < 1.29 is 14.7 Å². The monoisotopic (exact) mass is 239 g/mol. The lowest BCUT2D eigenvalue weighted by Gasteiger charge is -2.19. The molecule has 2 atom stereocenters. The molecule has 2 unspecified atom stereocenters. The van der Waals surface area contributed by atoms with Gasteiger partial charge in [-0.05, 0) is 12.8 Å². The van der Waals surface area contributed by atoms with Crippen LogP contribution in [-0.2, 0) is 9.63 Å². The third kappa shape index (κ3) is 3.18. The van der Waals surface area contributed by atoms with Gasteiger partial charge in [-0.3, -0.25) is 5.41 Å². The summed E-state index contributed by atoms with van der Waals surface area (Å²) in [4.78, 5) is 15.8. The van der Waals surface area contributed by atoms with Crippen LogP contribution < -0.4 is 5.32 Å². The van der Waals surface area contributed by atoms with Crippen LogP contribution in [0.3, 0.4) is 0 Å². The second kappa shape index (κ2) is 5.16. The van der Waals surface area contributed by atoms with Crippen molar-refractivity contribution in [1.82, 2.24) is 5.32 Å². The second-order valence-corrected chi connectivity index (χ2v) is 4.58. The second-order valence-electron chi connectivity index (χ2n) is 4.58. The van der Waals surface area contributed by atoms with Crippen LogP contribution in [0, 0.1) is 5.41 Å². The molecule has 2 aliphatic rings. The highest BCUT2D eigenvalue weighted by molar-refractivity contribution is 6.35. The Bertz CT molecular complexity index is 354. The number of carbonyl (C=O) groups is 1. The maximum Gasteiger partial charge on any atom is 0.353 e. The van der Waals surface area contributed by atoms with Gasteiger partial charge in [-0.15, -0.1) is 0 Å². The Hall–Kier alpha value is -1.59. The average molecular weight is 239 g/mol. The Balaban J connectivity index is 1.82. The summed E-state index contributed by atoms with van der Waals surface area (Å²) >= 11 is 0. The summed E-state index contributed by atoms with van der Waals surface area (Å²) in [6, 6.07) is 0.207. The van der Waals surface area contributed by atoms with Gasteiger partial charge in [0.25, 0.3) is 0 Å². The van der Waals surface area contributed by atoms with Gasteiger partial charge in [-0.25, -0.2) is 4.79 Å². The molecule has 2 rings (SSSR count). The molecule has 17 heavy (non-hydrogen) atoms. The summed E-state index contributed by atoms with van der Waals surface area (Å²) in [7, 11) is 0. The molecule has 0 aromatic rings. The number of carboxylic acid groups (broad SMARTS) is 1. The first-order chi connectivity index (χ1) is 8.15. The highest BCUT2D eigenvalue weighted by Gasteiger charge is 2.28. The molecule has 0 aliphatic carbocycles. The largest absolute Gasteiger partial charge is 0.477 e. The molecule has 1 saturated heterocycles. The number of amidine groups is 1. The van der Waals surface area contributed by atoms with Crippen molar-refractivity contribution in [2.75, 3.05) is 0 Å². The Labute approximate surface area is 99.5 Å². The van der Waals surface area contributed by atoms with Crippen LogP contribution in [0.1, 0.15) is 38.5 Å². The zero-order valence-corrected chi connectivity index (χ0v) is 9.61. The van der Waals surface area contributed by atoms with Crippen LogP contribution >= 0.6 is 0 Å². The molecule has 0 aromatic carbocycles. The van der Waals surface area contributed by atoms with Gasteiger partial charge in [0.1, 0.15) is 6.10 Å². The molecule has 0 spiro atoms. The number of nitrogens with zero attached hydrogens (tertiary/aromatic N) is 1. The lowest BCUT2D eigenvalue weighted by atomic mass is 10.0. The van der Waals surface area contributed by atoms with Gasteiger partial charge in [0.2, 0.25) is 0 Å². The number of hydrogen-bond acceptors (Lipinski definition) is 4. The number of aliphatic carboxylic acids is 1. The Kier molecular flexibility index (Phi) is 3.61. The van der Waals surface area contributed by atoms with Crippen molar-refractivity contribution >= 4 is 17.5 Å². The van der Waals surface area contributed by atoms with Crippen LogP contribution in [-0.4, -0.2) is 34.8 Å². The molecule has 2 aliphatic heterocycles. The quantitative estimate of drug-likeness (QED) is 0.687. The summed E-state index contributed by atoms with van der Waals surface area (Å²) in [6.45, 7) is 0. The molecule has 0 radical (unpaired) electrons. The summed E-state index contributed by atoms with van der Waals surface area (Å²) in [5.74, 6) is -0.432. The van der Waals surface area contributed by atoms with Gasteiger partial charge in [0.05, 0.1) is 5.84 Å². The molecule has 3 N–H and O–H groups in total. The van der Waals surface area contributed by atoms with E-state index in [-0.39, 0.29) is 17.9 Å². The van der Waals surface area contributed by atoms with Crippen molar-refractivity contribution in [3.63, 3.8) is 0 Å². The van der Waals surface area contributed by atoms with E-state index in [0.717, 1.165) is 25.7 Å². The molecule has 1 fully saturated rings. The third-order valence-corrected chi connectivity index (χ3v) is 3.13. The lowest BCUT2D eigenvalue weighted by Crippen LogP contribution is -2.35. The van der Waals surface area contributed by atoms with E-state index in [4.69, 9.17) is 15.4 Å². The minimum atomic E-state index is -1.01. The molecular formula is C11H17N3O3. The molecule has 94 valence electrons. The maximum atomic E-state index is 10.7. The van der Waals surface area contributed by atoms with Gasteiger partial charge in [-0.2, -0.15) is 0 Å². The van der Waals surface area contributed by atoms with Gasteiger partial charge in [-0.1, -0.05) is 11.6 Å². The third-order valence-electron chi connectivity index (χ3n) is 3.13. The van der Waals surface area contributed by atoms with Gasteiger partial charge < -0.3 is 15.3 Å². The summed E-state index contributed by atoms with van der Waals surface area (Å²) in [6.07, 6.45) is 4.86. The molecule has 0 saturated carbocycles. The van der Waals surface area contributed by atoms with Gasteiger partial charge in [0.15, 0.2) is 5.71 Å². The first-order valence-corrected chi connectivity index (χ1v) is 5.95. The first kappa shape index (κ1) is 11.9. The topological polar surface area (TPSA) is 94.8 Å². The van der Waals surface area contributed by atoms with Crippen molar-refractivity contribution in [2.24, 2.45) is 5.16 Å². The molecule has 0 bridgehead atoms. The predicted octanol–water partition coefficient (Wildman–Crippen LogP) is 1.12. The Morgan fingerprint density at radius 1 is 1.59 bits per heavy atom. The number of carboxylic acids is 1. The van der Waals surface area contributed by atoms with E-state index in [0.29, 0.717) is 18.7 Å². The summed E-state index contributed by atoms with van der Waals surface area (Å²) < 4.78 is 0. The van der Waals surface area contributed by atoms with Crippen LogP contribution in [0.2, 0.25) is 0 Å². The van der Waals surface area contributed by atoms with Gasteiger partial charge >= 0.3 is 5.97 Å². The maximum absolute atomic E-state index is 10.7. The van der Waals surface area contributed by atoms with Crippen molar-refractivity contribution in [3.05, 3.63) is 0 Å². The predicted molar refractivity (Wildman–Crippen MR) is 62.3 cm³/mol. The fourth-order valence-electron chi connectivity index (χ4n) is 2.26. The molecule has 0 aromatic heterocycles. The minimum Gasteiger partial charge on any atom is -0.477 e. The van der Waals surface area contributed by atoms with E-state index in [2.05, 4.69) is 10.5 Å².